The molecule has 33 heavy (non-hydrogen) atoms. The molecule has 2 heterocycles. The number of nitrogens with one attached hydrogen (secondary N) is 1. The van der Waals surface area contributed by atoms with Crippen molar-refractivity contribution in [2.75, 3.05) is 18.4 Å². The molecule has 0 spiro atoms. The molecule has 2 aliphatic heterocycles. The van der Waals surface area contributed by atoms with Crippen LogP contribution < -0.4 is 9.46 Å². The Morgan fingerprint density at radius 3 is 2.70 bits per heavy atom. The molecule has 2 aliphatic rings. The van der Waals surface area contributed by atoms with Gasteiger partial charge in [0.2, 0.25) is 0 Å². The summed E-state index contributed by atoms with van der Waals surface area (Å²) in [5, 5.41) is 9.06. The third kappa shape index (κ3) is 4.81. The van der Waals surface area contributed by atoms with Gasteiger partial charge in [-0.3, -0.25) is 14.3 Å². The molecule has 0 saturated carbocycles. The van der Waals surface area contributed by atoms with E-state index in [0.717, 1.165) is 0 Å². The summed E-state index contributed by atoms with van der Waals surface area (Å²) in [6.07, 6.45) is 0.136. The zero-order valence-electron chi connectivity index (χ0n) is 18.4. The van der Waals surface area contributed by atoms with E-state index in [-0.39, 0.29) is 41.1 Å². The van der Waals surface area contributed by atoms with Gasteiger partial charge in [-0.15, -0.1) is 0 Å². The molecule has 176 valence electrons. The van der Waals surface area contributed by atoms with Crippen LogP contribution >= 0.6 is 0 Å². The minimum absolute atomic E-state index is 0.0954. The molecule has 4 rings (SSSR count). The molecular weight excluding hydrogens is 448 g/mol. The number of fused-ring (bicyclic) bond motifs is 2. The highest BCUT2D eigenvalue weighted by Crippen LogP contribution is 2.33. The molecule has 0 unspecified atom stereocenters. The molecule has 2 aromatic rings. The second kappa shape index (κ2) is 9.03. The second-order valence-electron chi connectivity index (χ2n) is 8.35. The molecule has 0 radical (unpaired) electrons. The number of rotatable bonds is 5. The summed E-state index contributed by atoms with van der Waals surface area (Å²) in [4.78, 5) is 26.0. The van der Waals surface area contributed by atoms with Crippen molar-refractivity contribution in [2.24, 2.45) is 0 Å². The monoisotopic (exact) mass is 474 g/mol. The van der Waals surface area contributed by atoms with Gasteiger partial charge >= 0.3 is 5.97 Å². The predicted octanol–water partition coefficient (Wildman–Crippen LogP) is 2.65. The van der Waals surface area contributed by atoms with E-state index in [0.29, 0.717) is 24.2 Å². The lowest BCUT2D eigenvalue weighted by molar-refractivity contribution is -0.148. The van der Waals surface area contributed by atoms with Gasteiger partial charge in [0.25, 0.3) is 15.9 Å². The molecule has 10 heteroatoms. The maximum absolute atomic E-state index is 13.3. The van der Waals surface area contributed by atoms with Crippen LogP contribution in [0.3, 0.4) is 0 Å². The van der Waals surface area contributed by atoms with Crippen LogP contribution in [0.5, 0.6) is 5.75 Å². The molecule has 2 N–H and O–H groups in total. The minimum atomic E-state index is -3.84. The molecule has 0 aliphatic carbocycles. The van der Waals surface area contributed by atoms with E-state index in [2.05, 4.69) is 4.72 Å². The molecule has 2 aromatic carbocycles. The van der Waals surface area contributed by atoms with Gasteiger partial charge in [0.05, 0.1) is 29.0 Å². The first-order valence-corrected chi connectivity index (χ1v) is 12.1. The van der Waals surface area contributed by atoms with E-state index in [1.54, 1.807) is 43.1 Å². The third-order valence-corrected chi connectivity index (χ3v) is 7.59. The van der Waals surface area contributed by atoms with Crippen LogP contribution in [0.4, 0.5) is 5.69 Å². The lowest BCUT2D eigenvalue weighted by Crippen LogP contribution is -2.53. The number of carbonyl (C=O) groups excluding carboxylic acids is 1. The van der Waals surface area contributed by atoms with E-state index in [1.807, 2.05) is 0 Å². The Balaban J connectivity index is 1.58. The number of amides is 1. The van der Waals surface area contributed by atoms with Gasteiger partial charge in [0, 0.05) is 12.7 Å². The molecular formula is C23H26N2O7S. The van der Waals surface area contributed by atoms with Gasteiger partial charge in [0.1, 0.15) is 18.5 Å². The van der Waals surface area contributed by atoms with Crippen LogP contribution in [0.1, 0.15) is 35.2 Å². The van der Waals surface area contributed by atoms with Crippen molar-refractivity contribution in [2.45, 2.75) is 49.3 Å². The Bertz CT molecular complexity index is 1180. The summed E-state index contributed by atoms with van der Waals surface area (Å²) >= 11 is 0. The quantitative estimate of drug-likeness (QED) is 0.683. The fourth-order valence-corrected chi connectivity index (χ4v) is 5.65. The molecule has 1 amide bonds. The van der Waals surface area contributed by atoms with Crippen LogP contribution in [0.25, 0.3) is 0 Å². The number of carboxylic acid groups (broad SMARTS) is 1. The number of nitrogens with zero attached hydrogens (tertiary/aromatic N) is 1. The number of carbonyl (C=O) groups is 2. The highest BCUT2D eigenvalue weighted by atomic mass is 32.2. The summed E-state index contributed by atoms with van der Waals surface area (Å²) in [7, 11) is -2.17. The first kappa shape index (κ1) is 23.1. The van der Waals surface area contributed by atoms with Crippen LogP contribution in [-0.2, 0) is 19.6 Å². The number of ether oxygens (including phenoxy) is 2. The highest BCUT2D eigenvalue weighted by molar-refractivity contribution is 7.92. The number of sulfonamides is 1. The summed E-state index contributed by atoms with van der Waals surface area (Å²) in [6, 6.07) is 10.9. The van der Waals surface area contributed by atoms with Crippen LogP contribution in [0, 0.1) is 6.92 Å². The maximum Gasteiger partial charge on any atom is 0.305 e. The van der Waals surface area contributed by atoms with E-state index in [4.69, 9.17) is 14.6 Å². The molecule has 0 bridgehead atoms. The van der Waals surface area contributed by atoms with Gasteiger partial charge in [-0.2, -0.15) is 0 Å². The fourth-order valence-electron chi connectivity index (χ4n) is 4.35. The largest absolute Gasteiger partial charge is 0.490 e. The van der Waals surface area contributed by atoms with Crippen molar-refractivity contribution >= 4 is 27.6 Å². The van der Waals surface area contributed by atoms with Crippen molar-refractivity contribution in [3.63, 3.8) is 0 Å². The first-order chi connectivity index (χ1) is 15.7. The lowest BCUT2D eigenvalue weighted by atomic mass is 9.95. The predicted molar refractivity (Wildman–Crippen MR) is 120 cm³/mol. The summed E-state index contributed by atoms with van der Waals surface area (Å²) in [5.41, 5.74) is 1.11. The summed E-state index contributed by atoms with van der Waals surface area (Å²) < 4.78 is 40.0. The van der Waals surface area contributed by atoms with E-state index >= 15 is 0 Å². The van der Waals surface area contributed by atoms with Gasteiger partial charge in [0.15, 0.2) is 0 Å². The van der Waals surface area contributed by atoms with E-state index in [1.165, 1.54) is 18.2 Å². The van der Waals surface area contributed by atoms with Crippen molar-refractivity contribution in [1.82, 2.24) is 4.90 Å². The van der Waals surface area contributed by atoms with Crippen molar-refractivity contribution < 1.29 is 32.6 Å². The standard InChI is InChI=1S/C23H26N2O7S/c1-14-5-3-4-6-21(14)33(29,30)24-15-7-10-19-17(11-15)23(28)25(2)18-9-8-16(12-22(26)27)32-20(18)13-31-19/h3-7,10-11,16,18,20,24H,8-9,12-13H2,1-2H3,(H,26,27)/t16-,18-,20-/m0/s1. The summed E-state index contributed by atoms with van der Waals surface area (Å²) in [6.45, 7) is 1.87. The Hall–Kier alpha value is -3.11. The number of benzene rings is 2. The van der Waals surface area contributed by atoms with Crippen molar-refractivity contribution in [3.8, 4) is 5.75 Å². The number of aryl methyl sites for hydroxylation is 1. The minimum Gasteiger partial charge on any atom is -0.490 e. The molecule has 1 saturated heterocycles. The number of hydrogen-bond donors (Lipinski definition) is 2. The smallest absolute Gasteiger partial charge is 0.305 e. The Morgan fingerprint density at radius 1 is 1.21 bits per heavy atom. The topological polar surface area (TPSA) is 122 Å². The highest BCUT2D eigenvalue weighted by Gasteiger charge is 2.39. The normalized spacial score (nSPS) is 22.9. The molecule has 1 fully saturated rings. The zero-order chi connectivity index (χ0) is 23.8. The van der Waals surface area contributed by atoms with Gasteiger partial charge < -0.3 is 19.5 Å². The first-order valence-electron chi connectivity index (χ1n) is 10.7. The third-order valence-electron chi connectivity index (χ3n) is 6.05. The number of hydrogen-bond acceptors (Lipinski definition) is 6. The lowest BCUT2D eigenvalue weighted by Gasteiger charge is -2.42. The van der Waals surface area contributed by atoms with E-state index < -0.39 is 28.2 Å². The summed E-state index contributed by atoms with van der Waals surface area (Å²) in [5.74, 6) is -0.939. The molecule has 9 nitrogen and oxygen atoms in total. The SMILES string of the molecule is Cc1ccccc1S(=O)(=O)Nc1ccc2c(c1)C(=O)N(C)[C@H]1CC[C@@H](CC(=O)O)O[C@H]1CO2. The van der Waals surface area contributed by atoms with Crippen molar-refractivity contribution in [3.05, 3.63) is 53.6 Å². The number of likely N-dealkylation sites (N-methyl/N-ethyl adjacent to an activating group) is 1. The molecule has 0 aromatic heterocycles. The number of aliphatic carboxylic acids is 1. The van der Waals surface area contributed by atoms with Gasteiger partial charge in [-0.1, -0.05) is 18.2 Å². The van der Waals surface area contributed by atoms with Crippen molar-refractivity contribution in [1.29, 1.82) is 0 Å². The Labute approximate surface area is 192 Å². The Morgan fingerprint density at radius 2 is 1.97 bits per heavy atom. The average molecular weight is 475 g/mol. The van der Waals surface area contributed by atoms with Gasteiger partial charge in [-0.05, 0) is 49.6 Å². The average Bonchev–Trinajstić information content (AvgIpc) is 2.76. The van der Waals surface area contributed by atoms with Crippen LogP contribution in [0.15, 0.2) is 47.4 Å². The van der Waals surface area contributed by atoms with E-state index in [9.17, 15) is 18.0 Å². The van der Waals surface area contributed by atoms with Crippen LogP contribution in [0.2, 0.25) is 0 Å². The number of carboxylic acids is 1. The maximum atomic E-state index is 13.3. The zero-order valence-corrected chi connectivity index (χ0v) is 19.2. The fraction of sp³-hybridized carbons (Fsp3) is 0.391. The van der Waals surface area contributed by atoms with Gasteiger partial charge in [-0.25, -0.2) is 8.42 Å². The number of anilines is 1. The molecule has 3 atom stereocenters. The van der Waals surface area contributed by atoms with Crippen LogP contribution in [-0.4, -0.2) is 62.2 Å². The second-order valence-corrected chi connectivity index (χ2v) is 10.00. The Kier molecular flexibility index (Phi) is 6.31.